The summed E-state index contributed by atoms with van der Waals surface area (Å²) < 4.78 is 0. The normalized spacial score (nSPS) is 21.4. The highest BCUT2D eigenvalue weighted by Crippen LogP contribution is 2.07. The number of piperazine rings is 1. The van der Waals surface area contributed by atoms with Crippen LogP contribution in [0.3, 0.4) is 0 Å². The Morgan fingerprint density at radius 3 is 2.81 bits per heavy atom. The van der Waals surface area contributed by atoms with E-state index in [1.807, 2.05) is 13.8 Å². The van der Waals surface area contributed by atoms with Gasteiger partial charge in [0.1, 0.15) is 6.04 Å². The second kappa shape index (κ2) is 5.27. The van der Waals surface area contributed by atoms with Gasteiger partial charge in [-0.25, -0.2) is 0 Å². The summed E-state index contributed by atoms with van der Waals surface area (Å²) >= 11 is 0. The highest BCUT2D eigenvalue weighted by Gasteiger charge is 2.28. The van der Waals surface area contributed by atoms with Crippen molar-refractivity contribution in [1.82, 2.24) is 16.0 Å². The average Bonchev–Trinajstić information content (AvgIpc) is 2.17. The maximum atomic E-state index is 11.8. The Bertz CT molecular complexity index is 268. The van der Waals surface area contributed by atoms with Crippen molar-refractivity contribution >= 4 is 11.8 Å². The molecule has 0 aromatic carbocycles. The van der Waals surface area contributed by atoms with Crippen molar-refractivity contribution in [2.45, 2.75) is 31.8 Å². The van der Waals surface area contributed by atoms with Crippen LogP contribution in [0.5, 0.6) is 0 Å². The molecule has 0 saturated carbocycles. The molecule has 0 aromatic heterocycles. The fourth-order valence-corrected chi connectivity index (χ4v) is 1.51. The van der Waals surface area contributed by atoms with Crippen molar-refractivity contribution in [2.75, 3.05) is 19.7 Å². The Kier molecular flexibility index (Phi) is 4.26. The third kappa shape index (κ3) is 3.79. The van der Waals surface area contributed by atoms with Gasteiger partial charge in [-0.1, -0.05) is 0 Å². The summed E-state index contributed by atoms with van der Waals surface area (Å²) in [5, 5.41) is 17.1. The van der Waals surface area contributed by atoms with E-state index in [0.29, 0.717) is 13.0 Å². The van der Waals surface area contributed by atoms with Crippen molar-refractivity contribution in [3.05, 3.63) is 0 Å². The first-order chi connectivity index (χ1) is 7.44. The number of carbonyl (C=O) groups is 2. The maximum absolute atomic E-state index is 11.8. The number of aliphatic hydroxyl groups is 1. The molecule has 6 nitrogen and oxygen atoms in total. The fraction of sp³-hybridized carbons (Fsp3) is 0.800. The van der Waals surface area contributed by atoms with Crippen molar-refractivity contribution < 1.29 is 14.7 Å². The molecule has 6 heteroatoms. The molecule has 1 unspecified atom stereocenters. The quantitative estimate of drug-likeness (QED) is 0.465. The van der Waals surface area contributed by atoms with Crippen molar-refractivity contribution in [1.29, 1.82) is 0 Å². The SMILES string of the molecule is CC(C)(CCO)NC(=O)C1CNC(=O)CN1. The second-order valence-electron chi connectivity index (χ2n) is 4.58. The van der Waals surface area contributed by atoms with E-state index in [0.717, 1.165) is 0 Å². The van der Waals surface area contributed by atoms with Crippen LogP contribution in [-0.4, -0.2) is 48.2 Å². The molecule has 0 bridgehead atoms. The highest BCUT2D eigenvalue weighted by atomic mass is 16.3. The molecule has 1 atom stereocenters. The van der Waals surface area contributed by atoms with E-state index < -0.39 is 11.6 Å². The lowest BCUT2D eigenvalue weighted by Gasteiger charge is -2.30. The van der Waals surface area contributed by atoms with Gasteiger partial charge in [-0.15, -0.1) is 0 Å². The predicted octanol–water partition coefficient (Wildman–Crippen LogP) is -1.65. The van der Waals surface area contributed by atoms with Crippen LogP contribution in [0.2, 0.25) is 0 Å². The predicted molar refractivity (Wildman–Crippen MR) is 58.7 cm³/mol. The van der Waals surface area contributed by atoms with E-state index in [-0.39, 0.29) is 25.0 Å². The van der Waals surface area contributed by atoms with Crippen LogP contribution < -0.4 is 16.0 Å². The smallest absolute Gasteiger partial charge is 0.239 e. The topological polar surface area (TPSA) is 90.5 Å². The molecule has 0 aliphatic carbocycles. The fourth-order valence-electron chi connectivity index (χ4n) is 1.51. The minimum atomic E-state index is -0.436. The van der Waals surface area contributed by atoms with Crippen LogP contribution in [0, 0.1) is 0 Å². The summed E-state index contributed by atoms with van der Waals surface area (Å²) in [7, 11) is 0. The Hall–Kier alpha value is -1.14. The van der Waals surface area contributed by atoms with E-state index >= 15 is 0 Å². The third-order valence-corrected chi connectivity index (χ3v) is 2.53. The molecule has 2 amide bonds. The van der Waals surface area contributed by atoms with E-state index in [1.165, 1.54) is 0 Å². The van der Waals surface area contributed by atoms with Gasteiger partial charge in [-0.3, -0.25) is 14.9 Å². The minimum Gasteiger partial charge on any atom is -0.396 e. The van der Waals surface area contributed by atoms with Crippen LogP contribution in [0.25, 0.3) is 0 Å². The first kappa shape index (κ1) is 12.9. The molecule has 1 rings (SSSR count). The molecule has 0 aromatic rings. The van der Waals surface area contributed by atoms with Crippen LogP contribution in [0.15, 0.2) is 0 Å². The molecular formula is C10H19N3O3. The van der Waals surface area contributed by atoms with E-state index in [1.54, 1.807) is 0 Å². The van der Waals surface area contributed by atoms with E-state index in [2.05, 4.69) is 16.0 Å². The molecule has 1 aliphatic rings. The van der Waals surface area contributed by atoms with Gasteiger partial charge in [0.2, 0.25) is 11.8 Å². The highest BCUT2D eigenvalue weighted by molar-refractivity contribution is 5.87. The summed E-state index contributed by atoms with van der Waals surface area (Å²) in [6.45, 7) is 4.20. The van der Waals surface area contributed by atoms with Gasteiger partial charge >= 0.3 is 0 Å². The Labute approximate surface area is 94.8 Å². The molecule has 92 valence electrons. The van der Waals surface area contributed by atoms with Crippen LogP contribution in [0.1, 0.15) is 20.3 Å². The summed E-state index contributed by atoms with van der Waals surface area (Å²) in [6, 6.07) is -0.393. The lowest BCUT2D eigenvalue weighted by molar-refractivity contribution is -0.127. The number of amides is 2. The molecule has 1 aliphatic heterocycles. The van der Waals surface area contributed by atoms with Gasteiger partial charge < -0.3 is 15.7 Å². The molecule has 16 heavy (non-hydrogen) atoms. The molecule has 0 spiro atoms. The maximum Gasteiger partial charge on any atom is 0.239 e. The van der Waals surface area contributed by atoms with Gasteiger partial charge in [-0.2, -0.15) is 0 Å². The number of aliphatic hydroxyl groups excluding tert-OH is 1. The Morgan fingerprint density at radius 2 is 2.31 bits per heavy atom. The Morgan fingerprint density at radius 1 is 1.62 bits per heavy atom. The van der Waals surface area contributed by atoms with Gasteiger partial charge in [0.15, 0.2) is 0 Å². The van der Waals surface area contributed by atoms with Crippen molar-refractivity contribution in [3.8, 4) is 0 Å². The first-order valence-corrected chi connectivity index (χ1v) is 5.37. The van der Waals surface area contributed by atoms with Gasteiger partial charge in [0.05, 0.1) is 6.54 Å². The van der Waals surface area contributed by atoms with Crippen molar-refractivity contribution in [3.63, 3.8) is 0 Å². The zero-order valence-corrected chi connectivity index (χ0v) is 9.67. The second-order valence-corrected chi connectivity index (χ2v) is 4.58. The number of hydrogen-bond donors (Lipinski definition) is 4. The summed E-state index contributed by atoms with van der Waals surface area (Å²) in [4.78, 5) is 22.7. The number of rotatable bonds is 4. The monoisotopic (exact) mass is 229 g/mol. The molecule has 4 N–H and O–H groups in total. The Balaban J connectivity index is 2.43. The third-order valence-electron chi connectivity index (χ3n) is 2.53. The molecular weight excluding hydrogens is 210 g/mol. The van der Waals surface area contributed by atoms with Crippen LogP contribution in [0.4, 0.5) is 0 Å². The summed E-state index contributed by atoms with van der Waals surface area (Å²) in [5.41, 5.74) is -0.436. The standard InChI is InChI=1S/C10H19N3O3/c1-10(2,3-4-14)13-9(16)7-5-12-8(15)6-11-7/h7,11,14H,3-6H2,1-2H3,(H,12,15)(H,13,16). The summed E-state index contributed by atoms with van der Waals surface area (Å²) in [5.74, 6) is -0.253. The van der Waals surface area contributed by atoms with E-state index in [9.17, 15) is 9.59 Å². The van der Waals surface area contributed by atoms with E-state index in [4.69, 9.17) is 5.11 Å². The lowest BCUT2D eigenvalue weighted by atomic mass is 10.0. The largest absolute Gasteiger partial charge is 0.396 e. The summed E-state index contributed by atoms with van der Waals surface area (Å²) in [6.07, 6.45) is 0.498. The van der Waals surface area contributed by atoms with Gasteiger partial charge in [0, 0.05) is 18.7 Å². The zero-order valence-electron chi connectivity index (χ0n) is 9.67. The van der Waals surface area contributed by atoms with Gasteiger partial charge in [0.25, 0.3) is 0 Å². The molecule has 1 saturated heterocycles. The van der Waals surface area contributed by atoms with Crippen LogP contribution in [-0.2, 0) is 9.59 Å². The molecule has 1 heterocycles. The number of nitrogens with one attached hydrogen (secondary N) is 3. The minimum absolute atomic E-state index is 0.0299. The van der Waals surface area contributed by atoms with Gasteiger partial charge in [-0.05, 0) is 20.3 Å². The zero-order chi connectivity index (χ0) is 12.2. The molecule has 0 radical (unpaired) electrons. The average molecular weight is 229 g/mol. The number of carbonyl (C=O) groups excluding carboxylic acids is 2. The van der Waals surface area contributed by atoms with Crippen LogP contribution >= 0.6 is 0 Å². The first-order valence-electron chi connectivity index (χ1n) is 5.37. The number of hydrogen-bond acceptors (Lipinski definition) is 4. The lowest BCUT2D eigenvalue weighted by Crippen LogP contribution is -2.60. The van der Waals surface area contributed by atoms with Crippen molar-refractivity contribution in [2.24, 2.45) is 0 Å². The molecule has 1 fully saturated rings.